The Balaban J connectivity index is 0.749. The number of benzene rings is 14. The van der Waals surface area contributed by atoms with E-state index in [2.05, 4.69) is 281 Å². The lowest BCUT2D eigenvalue weighted by Gasteiger charge is -2.17. The second-order valence-electron chi connectivity index (χ2n) is 25.0. The van der Waals surface area contributed by atoms with Crippen molar-refractivity contribution < 1.29 is 0 Å². The summed E-state index contributed by atoms with van der Waals surface area (Å²) in [4.78, 5) is 31.5. The number of para-hydroxylation sites is 5. The maximum absolute atomic E-state index is 5.47. The van der Waals surface area contributed by atoms with Gasteiger partial charge in [-0.1, -0.05) is 273 Å². The van der Waals surface area contributed by atoms with Gasteiger partial charge in [-0.2, -0.15) is 0 Å². The Kier molecular flexibility index (Phi) is 13.7. The molecule has 5 heterocycles. The van der Waals surface area contributed by atoms with E-state index in [1.807, 2.05) is 78.9 Å². The molecule has 0 aliphatic heterocycles. The molecule has 19 rings (SSSR count). The average Bonchev–Trinajstić information content (AvgIpc) is 1.63. The molecule has 0 amide bonds. The molecule has 0 aliphatic carbocycles. The first-order valence-corrected chi connectivity index (χ1v) is 33.3. The summed E-state index contributed by atoms with van der Waals surface area (Å²) in [6, 6.07) is 122. The predicted molar refractivity (Wildman–Crippen MR) is 405 cm³/mol. The summed E-state index contributed by atoms with van der Waals surface area (Å²) < 4.78 is 7.20. The van der Waals surface area contributed by atoms with E-state index in [1.54, 1.807) is 0 Å². The minimum absolute atomic E-state index is 0.564. The molecule has 0 bridgehead atoms. The molecule has 0 fully saturated rings. The molecule has 0 saturated heterocycles. The van der Waals surface area contributed by atoms with E-state index in [0.29, 0.717) is 34.9 Å². The first-order chi connectivity index (χ1) is 49.1. The fourth-order valence-electron chi connectivity index (χ4n) is 14.6. The highest BCUT2D eigenvalue weighted by Crippen LogP contribution is 2.43. The zero-order valence-corrected chi connectivity index (χ0v) is 53.4. The van der Waals surface area contributed by atoms with Crippen molar-refractivity contribution in [2.45, 2.75) is 0 Å². The Morgan fingerprint density at radius 2 is 0.455 bits per heavy atom. The molecule has 19 aromatic rings. The zero-order valence-electron chi connectivity index (χ0n) is 53.4. The Labute approximate surface area is 570 Å². The Hall–Kier alpha value is -13.5. The monoisotopic (exact) mass is 1260 g/mol. The maximum atomic E-state index is 5.47. The average molecular weight is 1260 g/mol. The summed E-state index contributed by atoms with van der Waals surface area (Å²) in [7, 11) is 0. The van der Waals surface area contributed by atoms with Gasteiger partial charge >= 0.3 is 0 Å². The van der Waals surface area contributed by atoms with Crippen molar-refractivity contribution in [3.8, 4) is 119 Å². The highest BCUT2D eigenvalue weighted by Gasteiger charge is 2.24. The van der Waals surface area contributed by atoms with Gasteiger partial charge in [0.2, 0.25) is 0 Å². The van der Waals surface area contributed by atoms with Crippen molar-refractivity contribution in [3.05, 3.63) is 346 Å². The standard InChI is InChI=1S/C90H57N9/c1-5-25-58(26-6-1)69-50-47-66(89-93-85(59-27-7-2-8-28-59)91-86(94-89)60-29-9-3-10-30-60)56-83(69)99-81-46-22-17-41-75(81)76-55-63(49-52-82(76)99)62-33-23-35-65(53-62)88-92-87(61-31-11-4-12-32-61)95-90(96-88)67-48-51-70(84(57-67)98-79-44-20-15-39-73(79)74-40-16-21-45-80(74)98)64-34-24-36-68(54-64)97-77-42-18-13-37-71(77)72-38-14-19-43-78(72)97/h1-57H. The van der Waals surface area contributed by atoms with E-state index in [9.17, 15) is 0 Å². The third kappa shape index (κ3) is 9.94. The van der Waals surface area contributed by atoms with E-state index in [-0.39, 0.29) is 0 Å². The lowest BCUT2D eigenvalue weighted by atomic mass is 9.99. The van der Waals surface area contributed by atoms with Crippen LogP contribution in [0.2, 0.25) is 0 Å². The summed E-state index contributed by atoms with van der Waals surface area (Å²) in [5, 5.41) is 7.05. The topological polar surface area (TPSA) is 92.1 Å². The van der Waals surface area contributed by atoms with Crippen LogP contribution >= 0.6 is 0 Å². The van der Waals surface area contributed by atoms with Gasteiger partial charge in [0.15, 0.2) is 34.9 Å². The number of fused-ring (bicyclic) bond motifs is 9. The summed E-state index contributed by atoms with van der Waals surface area (Å²) in [5.74, 6) is 3.52. The fraction of sp³-hybridized carbons (Fsp3) is 0. The van der Waals surface area contributed by atoms with Gasteiger partial charge in [0, 0.05) is 82.5 Å². The minimum Gasteiger partial charge on any atom is -0.309 e. The number of rotatable bonds is 12. The molecule has 99 heavy (non-hydrogen) atoms. The first-order valence-electron chi connectivity index (χ1n) is 33.3. The lowest BCUT2D eigenvalue weighted by molar-refractivity contribution is 1.07. The van der Waals surface area contributed by atoms with Crippen molar-refractivity contribution in [3.63, 3.8) is 0 Å². The van der Waals surface area contributed by atoms with Gasteiger partial charge in [-0.3, -0.25) is 0 Å². The van der Waals surface area contributed by atoms with Crippen LogP contribution in [0.15, 0.2) is 346 Å². The smallest absolute Gasteiger partial charge is 0.164 e. The Morgan fingerprint density at radius 3 is 0.899 bits per heavy atom. The minimum atomic E-state index is 0.564. The zero-order chi connectivity index (χ0) is 65.3. The summed E-state index contributed by atoms with van der Waals surface area (Å²) in [5.41, 5.74) is 21.5. The lowest BCUT2D eigenvalue weighted by Crippen LogP contribution is -2.02. The highest BCUT2D eigenvalue weighted by atomic mass is 15.1. The molecular formula is C90H57N9. The molecule has 462 valence electrons. The maximum Gasteiger partial charge on any atom is 0.164 e. The van der Waals surface area contributed by atoms with E-state index in [0.717, 1.165) is 128 Å². The van der Waals surface area contributed by atoms with Crippen LogP contribution < -0.4 is 0 Å². The van der Waals surface area contributed by atoms with E-state index in [1.165, 1.54) is 21.5 Å². The molecule has 0 radical (unpaired) electrons. The van der Waals surface area contributed by atoms with E-state index >= 15 is 0 Å². The molecule has 0 N–H and O–H groups in total. The molecule has 0 saturated carbocycles. The number of nitrogens with zero attached hydrogens (tertiary/aromatic N) is 9. The Bertz CT molecular complexity index is 6190. The van der Waals surface area contributed by atoms with Gasteiger partial charge in [0.1, 0.15) is 0 Å². The number of aromatic nitrogens is 9. The predicted octanol–water partition coefficient (Wildman–Crippen LogP) is 22.4. The van der Waals surface area contributed by atoms with Crippen LogP contribution in [0.3, 0.4) is 0 Å². The molecule has 0 unspecified atom stereocenters. The van der Waals surface area contributed by atoms with Crippen LogP contribution in [0.4, 0.5) is 0 Å². The molecule has 14 aromatic carbocycles. The quantitative estimate of drug-likeness (QED) is 0.121. The molecule has 9 heteroatoms. The second-order valence-corrected chi connectivity index (χ2v) is 25.0. The third-order valence-electron chi connectivity index (χ3n) is 19.1. The normalized spacial score (nSPS) is 11.6. The Morgan fingerprint density at radius 1 is 0.162 bits per heavy atom. The summed E-state index contributed by atoms with van der Waals surface area (Å²) in [6.07, 6.45) is 0. The van der Waals surface area contributed by atoms with Crippen molar-refractivity contribution in [1.29, 1.82) is 0 Å². The SMILES string of the molecule is c1ccc(-c2nc(-c3cccc(-c4ccc5c(c4)c4ccccc4n5-c4cc(-c5nc(-c6ccccc6)nc(-c6ccccc6)n5)ccc4-c4ccccc4)c3)nc(-c3ccc(-c4cccc(-n5c6ccccc6c6ccccc65)c4)c(-n4c5ccccc5c5ccccc54)c3)n2)cc1. The second kappa shape index (κ2) is 23.8. The molecule has 9 nitrogen and oxygen atoms in total. The van der Waals surface area contributed by atoms with E-state index in [4.69, 9.17) is 29.9 Å². The van der Waals surface area contributed by atoms with E-state index < -0.39 is 0 Å². The van der Waals surface area contributed by atoms with Gasteiger partial charge in [-0.25, -0.2) is 29.9 Å². The summed E-state index contributed by atoms with van der Waals surface area (Å²) in [6.45, 7) is 0. The van der Waals surface area contributed by atoms with Crippen LogP contribution in [0.25, 0.3) is 184 Å². The van der Waals surface area contributed by atoms with Gasteiger partial charge in [0.05, 0.1) is 44.5 Å². The summed E-state index contributed by atoms with van der Waals surface area (Å²) >= 11 is 0. The molecular weight excluding hydrogens is 1210 g/mol. The van der Waals surface area contributed by atoms with Gasteiger partial charge in [-0.15, -0.1) is 0 Å². The van der Waals surface area contributed by atoms with Crippen LogP contribution in [-0.2, 0) is 0 Å². The van der Waals surface area contributed by atoms with Crippen LogP contribution in [0.1, 0.15) is 0 Å². The van der Waals surface area contributed by atoms with Crippen molar-refractivity contribution >= 4 is 65.4 Å². The third-order valence-corrected chi connectivity index (χ3v) is 19.1. The van der Waals surface area contributed by atoms with Crippen LogP contribution in [-0.4, -0.2) is 43.6 Å². The van der Waals surface area contributed by atoms with Gasteiger partial charge < -0.3 is 13.7 Å². The number of hydrogen-bond acceptors (Lipinski definition) is 6. The molecule has 0 aliphatic rings. The van der Waals surface area contributed by atoms with Gasteiger partial charge in [0.25, 0.3) is 0 Å². The van der Waals surface area contributed by atoms with Crippen LogP contribution in [0.5, 0.6) is 0 Å². The van der Waals surface area contributed by atoms with Gasteiger partial charge in [-0.05, 0) is 95.1 Å². The van der Waals surface area contributed by atoms with Crippen molar-refractivity contribution in [2.75, 3.05) is 0 Å². The largest absolute Gasteiger partial charge is 0.309 e. The first kappa shape index (κ1) is 57.0. The highest BCUT2D eigenvalue weighted by molar-refractivity contribution is 6.13. The van der Waals surface area contributed by atoms with Crippen molar-refractivity contribution in [2.24, 2.45) is 0 Å². The number of hydrogen-bond donors (Lipinski definition) is 0. The molecule has 0 atom stereocenters. The van der Waals surface area contributed by atoms with Crippen molar-refractivity contribution in [1.82, 2.24) is 43.6 Å². The molecule has 5 aromatic heterocycles. The van der Waals surface area contributed by atoms with Crippen LogP contribution in [0, 0.1) is 0 Å². The fourth-order valence-corrected chi connectivity index (χ4v) is 14.6. The molecule has 0 spiro atoms.